The Hall–Kier alpha value is -0.730. The van der Waals surface area contributed by atoms with Gasteiger partial charge in [-0.05, 0) is 37.1 Å². The highest BCUT2D eigenvalue weighted by atomic mass is 35.5. The van der Waals surface area contributed by atoms with Crippen LogP contribution in [0.3, 0.4) is 0 Å². The number of phenolic OH excluding ortho intramolecular Hbond substituents is 1. The van der Waals surface area contributed by atoms with Crippen molar-refractivity contribution in [1.82, 2.24) is 4.90 Å². The van der Waals surface area contributed by atoms with Gasteiger partial charge in [0.25, 0.3) is 0 Å². The number of hydrogen-bond acceptors (Lipinski definition) is 2. The second kappa shape index (κ2) is 6.27. The summed E-state index contributed by atoms with van der Waals surface area (Å²) < 4.78 is 0. The summed E-state index contributed by atoms with van der Waals surface area (Å²) in [6.45, 7) is 2.01. The molecule has 94 valence electrons. The predicted molar refractivity (Wildman–Crippen MR) is 71.5 cm³/mol. The van der Waals surface area contributed by atoms with Crippen LogP contribution in [0.25, 0.3) is 0 Å². The summed E-state index contributed by atoms with van der Waals surface area (Å²) in [6, 6.07) is 8.01. The number of rotatable bonds is 3. The van der Waals surface area contributed by atoms with Crippen LogP contribution in [0.15, 0.2) is 24.3 Å². The summed E-state index contributed by atoms with van der Waals surface area (Å²) in [5.74, 6) is 1.05. The normalized spacial score (nSPS) is 22.3. The first-order chi connectivity index (χ1) is 8.29. The van der Waals surface area contributed by atoms with Crippen molar-refractivity contribution in [2.45, 2.75) is 38.3 Å². The SMILES string of the molecule is Oc1cccc(CN2CCCCCC2CCl)c1. The van der Waals surface area contributed by atoms with Crippen LogP contribution >= 0.6 is 11.6 Å². The van der Waals surface area contributed by atoms with E-state index in [4.69, 9.17) is 11.6 Å². The van der Waals surface area contributed by atoms with Crippen molar-refractivity contribution in [2.75, 3.05) is 12.4 Å². The minimum atomic E-state index is 0.347. The lowest BCUT2D eigenvalue weighted by atomic mass is 10.1. The van der Waals surface area contributed by atoms with Gasteiger partial charge in [-0.15, -0.1) is 11.6 Å². The van der Waals surface area contributed by atoms with Crippen molar-refractivity contribution in [1.29, 1.82) is 0 Å². The minimum absolute atomic E-state index is 0.347. The van der Waals surface area contributed by atoms with Gasteiger partial charge in [0.05, 0.1) is 0 Å². The fourth-order valence-electron chi connectivity index (χ4n) is 2.51. The molecular formula is C14H20ClNO. The van der Waals surface area contributed by atoms with E-state index in [1.807, 2.05) is 12.1 Å². The summed E-state index contributed by atoms with van der Waals surface area (Å²) in [4.78, 5) is 2.45. The molecule has 3 heteroatoms. The highest BCUT2D eigenvalue weighted by Crippen LogP contribution is 2.21. The van der Waals surface area contributed by atoms with Gasteiger partial charge in [0.15, 0.2) is 0 Å². The Labute approximate surface area is 108 Å². The number of halogens is 1. The molecule has 1 saturated heterocycles. The molecule has 1 aliphatic heterocycles. The predicted octanol–water partition coefficient (Wildman–Crippen LogP) is 3.38. The molecule has 0 aliphatic carbocycles. The van der Waals surface area contributed by atoms with Crippen LogP contribution in [0.5, 0.6) is 5.75 Å². The van der Waals surface area contributed by atoms with Gasteiger partial charge in [-0.2, -0.15) is 0 Å². The number of hydrogen-bond donors (Lipinski definition) is 1. The second-order valence-electron chi connectivity index (χ2n) is 4.80. The standard InChI is InChI=1S/C14H20ClNO/c15-10-13-6-2-1-3-8-16(13)11-12-5-4-7-14(17)9-12/h4-5,7,9,13,17H,1-3,6,8,10-11H2. The van der Waals surface area contributed by atoms with E-state index < -0.39 is 0 Å². The largest absolute Gasteiger partial charge is 0.508 e. The first-order valence-corrected chi connectivity index (χ1v) is 6.91. The fraction of sp³-hybridized carbons (Fsp3) is 0.571. The molecule has 2 rings (SSSR count). The third-order valence-electron chi connectivity index (χ3n) is 3.47. The Morgan fingerprint density at radius 2 is 2.18 bits per heavy atom. The van der Waals surface area contributed by atoms with Crippen molar-refractivity contribution in [3.05, 3.63) is 29.8 Å². The first-order valence-electron chi connectivity index (χ1n) is 6.37. The van der Waals surface area contributed by atoms with Crippen molar-refractivity contribution in [2.24, 2.45) is 0 Å². The van der Waals surface area contributed by atoms with Gasteiger partial charge >= 0.3 is 0 Å². The van der Waals surface area contributed by atoms with E-state index in [-0.39, 0.29) is 0 Å². The highest BCUT2D eigenvalue weighted by Gasteiger charge is 2.20. The lowest BCUT2D eigenvalue weighted by molar-refractivity contribution is 0.207. The van der Waals surface area contributed by atoms with Crippen LogP contribution < -0.4 is 0 Å². The maximum Gasteiger partial charge on any atom is 0.115 e. The molecule has 1 heterocycles. The first kappa shape index (κ1) is 12.7. The lowest BCUT2D eigenvalue weighted by Crippen LogP contribution is -2.35. The number of phenols is 1. The van der Waals surface area contributed by atoms with Crippen LogP contribution in [0.2, 0.25) is 0 Å². The van der Waals surface area contributed by atoms with Gasteiger partial charge in [-0.25, -0.2) is 0 Å². The molecule has 2 nitrogen and oxygen atoms in total. The molecule has 17 heavy (non-hydrogen) atoms. The average Bonchev–Trinajstić information content (AvgIpc) is 2.54. The summed E-state index contributed by atoms with van der Waals surface area (Å²) in [6.07, 6.45) is 5.05. The minimum Gasteiger partial charge on any atom is -0.508 e. The molecule has 0 aromatic heterocycles. The molecule has 1 N–H and O–H groups in total. The smallest absolute Gasteiger partial charge is 0.115 e. The van der Waals surface area contributed by atoms with Crippen LogP contribution in [0.1, 0.15) is 31.2 Å². The van der Waals surface area contributed by atoms with E-state index in [1.165, 1.54) is 31.2 Å². The Bertz CT molecular complexity index is 356. The second-order valence-corrected chi connectivity index (χ2v) is 5.11. The zero-order valence-corrected chi connectivity index (χ0v) is 10.9. The molecule has 1 unspecified atom stereocenters. The van der Waals surface area contributed by atoms with Crippen molar-refractivity contribution in [3.63, 3.8) is 0 Å². The lowest BCUT2D eigenvalue weighted by Gasteiger charge is -2.28. The molecule has 1 aliphatic rings. The number of likely N-dealkylation sites (tertiary alicyclic amines) is 1. The molecule has 1 fully saturated rings. The van der Waals surface area contributed by atoms with Crippen LogP contribution in [-0.4, -0.2) is 28.5 Å². The fourth-order valence-corrected chi connectivity index (χ4v) is 2.86. The average molecular weight is 254 g/mol. The molecule has 1 atom stereocenters. The zero-order valence-electron chi connectivity index (χ0n) is 10.1. The zero-order chi connectivity index (χ0) is 12.1. The Morgan fingerprint density at radius 1 is 1.29 bits per heavy atom. The molecule has 1 aromatic carbocycles. The van der Waals surface area contributed by atoms with Crippen LogP contribution in [-0.2, 0) is 6.54 Å². The maximum atomic E-state index is 9.48. The van der Waals surface area contributed by atoms with Gasteiger partial charge in [-0.3, -0.25) is 4.90 Å². The third-order valence-corrected chi connectivity index (χ3v) is 3.83. The topological polar surface area (TPSA) is 23.5 Å². The van der Waals surface area contributed by atoms with Crippen molar-refractivity contribution >= 4 is 11.6 Å². The molecule has 1 aromatic rings. The summed E-state index contributed by atoms with van der Waals surface area (Å²) in [5, 5.41) is 9.48. The van der Waals surface area contributed by atoms with E-state index in [1.54, 1.807) is 6.07 Å². The Kier molecular flexibility index (Phi) is 4.69. The van der Waals surface area contributed by atoms with Gasteiger partial charge < -0.3 is 5.11 Å². The highest BCUT2D eigenvalue weighted by molar-refractivity contribution is 6.18. The molecule has 0 spiro atoms. The third kappa shape index (κ3) is 3.62. The maximum absolute atomic E-state index is 9.48. The molecule has 0 radical (unpaired) electrons. The number of benzene rings is 1. The molecule has 0 bridgehead atoms. The molecule has 0 amide bonds. The van der Waals surface area contributed by atoms with Crippen molar-refractivity contribution in [3.8, 4) is 5.75 Å². The Balaban J connectivity index is 2.04. The number of aromatic hydroxyl groups is 1. The Morgan fingerprint density at radius 3 is 2.94 bits per heavy atom. The number of nitrogens with zero attached hydrogens (tertiary/aromatic N) is 1. The van der Waals surface area contributed by atoms with E-state index in [0.29, 0.717) is 17.7 Å². The van der Waals surface area contributed by atoms with E-state index in [9.17, 15) is 5.11 Å². The van der Waals surface area contributed by atoms with Crippen LogP contribution in [0, 0.1) is 0 Å². The molecule has 0 saturated carbocycles. The van der Waals surface area contributed by atoms with Crippen molar-refractivity contribution < 1.29 is 5.11 Å². The van der Waals surface area contributed by atoms with Gasteiger partial charge in [0.1, 0.15) is 5.75 Å². The van der Waals surface area contributed by atoms with E-state index >= 15 is 0 Å². The van der Waals surface area contributed by atoms with E-state index in [2.05, 4.69) is 11.0 Å². The van der Waals surface area contributed by atoms with E-state index in [0.717, 1.165) is 13.1 Å². The quantitative estimate of drug-likeness (QED) is 0.835. The van der Waals surface area contributed by atoms with Crippen LogP contribution in [0.4, 0.5) is 0 Å². The molecular weight excluding hydrogens is 234 g/mol. The van der Waals surface area contributed by atoms with Gasteiger partial charge in [-0.1, -0.05) is 25.0 Å². The summed E-state index contributed by atoms with van der Waals surface area (Å²) >= 11 is 6.05. The monoisotopic (exact) mass is 253 g/mol. The summed E-state index contributed by atoms with van der Waals surface area (Å²) in [5.41, 5.74) is 1.17. The van der Waals surface area contributed by atoms with Gasteiger partial charge in [0.2, 0.25) is 0 Å². The van der Waals surface area contributed by atoms with Gasteiger partial charge in [0, 0.05) is 18.5 Å². The number of alkyl halides is 1. The summed E-state index contributed by atoms with van der Waals surface area (Å²) in [7, 11) is 0.